The maximum Gasteiger partial charge on any atom is 0.425 e. The molecule has 1 amide bonds. The van der Waals surface area contributed by atoms with Crippen LogP contribution in [0.2, 0.25) is 5.02 Å². The average Bonchev–Trinajstić information content (AvgIpc) is 2.79. The number of piperidine rings is 1. The number of sulfonamides is 1. The van der Waals surface area contributed by atoms with Crippen LogP contribution in [0.4, 0.5) is 18.9 Å². The summed E-state index contributed by atoms with van der Waals surface area (Å²) in [6, 6.07) is 11.4. The molecular weight excluding hydrogens is 497 g/mol. The van der Waals surface area contributed by atoms with E-state index in [0.29, 0.717) is 5.69 Å². The van der Waals surface area contributed by atoms with Gasteiger partial charge in [0.05, 0.1) is 17.0 Å². The number of nitrogens with zero attached hydrogens (tertiary/aromatic N) is 1. The van der Waals surface area contributed by atoms with E-state index in [1.54, 1.807) is 12.1 Å². The SMILES string of the molecule is CC(Oc1ccc(NC(=O)C2(CO)CCN(S(=O)(=O)c3ccccc3Cl)CC2)cc1)C(F)(F)F. The Balaban J connectivity index is 1.65. The lowest BCUT2D eigenvalue weighted by molar-refractivity contribution is -0.189. The molecule has 0 saturated carbocycles. The van der Waals surface area contributed by atoms with Crippen molar-refractivity contribution in [2.45, 2.75) is 36.9 Å². The smallest absolute Gasteiger partial charge is 0.425 e. The third kappa shape index (κ3) is 5.65. The summed E-state index contributed by atoms with van der Waals surface area (Å²) in [6.07, 6.45) is -6.35. The predicted molar refractivity (Wildman–Crippen MR) is 120 cm³/mol. The number of anilines is 1. The van der Waals surface area contributed by atoms with E-state index in [4.69, 9.17) is 16.3 Å². The third-order valence-corrected chi connectivity index (χ3v) is 8.20. The van der Waals surface area contributed by atoms with Gasteiger partial charge in [0.15, 0.2) is 6.10 Å². The second-order valence-electron chi connectivity index (χ2n) is 8.05. The number of carbonyl (C=O) groups excluding carboxylic acids is 1. The number of benzene rings is 2. The van der Waals surface area contributed by atoms with Crippen molar-refractivity contribution in [3.63, 3.8) is 0 Å². The molecule has 2 aromatic rings. The number of amides is 1. The Kier molecular flexibility index (Phi) is 7.81. The standard InChI is InChI=1S/C22H24ClF3N2O5S/c1-15(22(24,25)26)33-17-8-6-16(7-9-17)27-20(30)21(14-29)10-12-28(13-11-21)34(31,32)19-5-3-2-4-18(19)23/h2-9,15,29H,10-14H2,1H3,(H,27,30). The van der Waals surface area contributed by atoms with Crippen LogP contribution in [0.1, 0.15) is 19.8 Å². The van der Waals surface area contributed by atoms with E-state index in [1.807, 2.05) is 0 Å². The molecule has 1 atom stereocenters. The van der Waals surface area contributed by atoms with Crippen molar-refractivity contribution in [1.82, 2.24) is 4.31 Å². The molecule has 0 spiro atoms. The van der Waals surface area contributed by atoms with Crippen LogP contribution in [0.5, 0.6) is 5.75 Å². The number of halogens is 4. The van der Waals surface area contributed by atoms with Crippen LogP contribution in [0, 0.1) is 5.41 Å². The number of aliphatic hydroxyl groups is 1. The fourth-order valence-electron chi connectivity index (χ4n) is 3.56. The average molecular weight is 521 g/mol. The lowest BCUT2D eigenvalue weighted by atomic mass is 9.78. The molecule has 2 N–H and O–H groups in total. The normalized spacial score (nSPS) is 17.7. The number of rotatable bonds is 7. The Morgan fingerprint density at radius 3 is 2.29 bits per heavy atom. The highest BCUT2D eigenvalue weighted by molar-refractivity contribution is 7.89. The minimum absolute atomic E-state index is 0.00362. The number of hydrogen-bond acceptors (Lipinski definition) is 5. The molecule has 2 aromatic carbocycles. The molecule has 7 nitrogen and oxygen atoms in total. The fraction of sp³-hybridized carbons (Fsp3) is 0.409. The highest BCUT2D eigenvalue weighted by atomic mass is 35.5. The molecule has 0 aromatic heterocycles. The van der Waals surface area contributed by atoms with Gasteiger partial charge in [0, 0.05) is 18.8 Å². The van der Waals surface area contributed by atoms with Crippen molar-refractivity contribution in [2.24, 2.45) is 5.41 Å². The van der Waals surface area contributed by atoms with Gasteiger partial charge in [-0.15, -0.1) is 0 Å². The van der Waals surface area contributed by atoms with Gasteiger partial charge in [-0.25, -0.2) is 8.42 Å². The van der Waals surface area contributed by atoms with Crippen LogP contribution in [0.15, 0.2) is 53.4 Å². The van der Waals surface area contributed by atoms with Gasteiger partial charge in [-0.1, -0.05) is 23.7 Å². The van der Waals surface area contributed by atoms with Crippen molar-refractivity contribution in [1.29, 1.82) is 0 Å². The van der Waals surface area contributed by atoms with Gasteiger partial charge in [0.25, 0.3) is 0 Å². The topological polar surface area (TPSA) is 95.9 Å². The third-order valence-electron chi connectivity index (χ3n) is 5.80. The lowest BCUT2D eigenvalue weighted by Crippen LogP contribution is -2.50. The zero-order valence-electron chi connectivity index (χ0n) is 18.2. The molecule has 0 radical (unpaired) electrons. The zero-order chi connectivity index (χ0) is 25.1. The maximum absolute atomic E-state index is 13.0. The summed E-state index contributed by atoms with van der Waals surface area (Å²) in [5, 5.41) is 12.7. The molecule has 34 heavy (non-hydrogen) atoms. The summed E-state index contributed by atoms with van der Waals surface area (Å²) >= 11 is 6.04. The van der Waals surface area contributed by atoms with Crippen LogP contribution in [0.3, 0.4) is 0 Å². The number of aliphatic hydroxyl groups excluding tert-OH is 1. The number of alkyl halides is 3. The zero-order valence-corrected chi connectivity index (χ0v) is 19.8. The number of ether oxygens (including phenoxy) is 1. The summed E-state index contributed by atoms with van der Waals surface area (Å²) in [7, 11) is -3.87. The van der Waals surface area contributed by atoms with E-state index in [2.05, 4.69) is 5.32 Å². The molecule has 12 heteroatoms. The van der Waals surface area contributed by atoms with E-state index in [0.717, 1.165) is 6.92 Å². The first kappa shape index (κ1) is 26.3. The van der Waals surface area contributed by atoms with Gasteiger partial charge < -0.3 is 15.2 Å². The minimum atomic E-state index is -4.51. The number of nitrogens with one attached hydrogen (secondary N) is 1. The highest BCUT2D eigenvalue weighted by Gasteiger charge is 2.44. The van der Waals surface area contributed by atoms with E-state index in [-0.39, 0.29) is 41.6 Å². The van der Waals surface area contributed by atoms with Crippen molar-refractivity contribution in [3.8, 4) is 5.75 Å². The molecule has 3 rings (SSSR count). The summed E-state index contributed by atoms with van der Waals surface area (Å²) in [5.74, 6) is -0.528. The molecule has 1 aliphatic heterocycles. The van der Waals surface area contributed by atoms with E-state index in [1.165, 1.54) is 40.7 Å². The highest BCUT2D eigenvalue weighted by Crippen LogP contribution is 2.36. The van der Waals surface area contributed by atoms with Gasteiger partial charge in [-0.3, -0.25) is 4.79 Å². The lowest BCUT2D eigenvalue weighted by Gasteiger charge is -2.38. The number of hydrogen-bond donors (Lipinski definition) is 2. The summed E-state index contributed by atoms with van der Waals surface area (Å²) < 4.78 is 69.8. The van der Waals surface area contributed by atoms with Crippen molar-refractivity contribution in [2.75, 3.05) is 25.0 Å². The van der Waals surface area contributed by atoms with Crippen molar-refractivity contribution in [3.05, 3.63) is 53.6 Å². The van der Waals surface area contributed by atoms with Crippen molar-refractivity contribution >= 4 is 33.2 Å². The monoisotopic (exact) mass is 520 g/mol. The predicted octanol–water partition coefficient (Wildman–Crippen LogP) is 4.07. The Morgan fingerprint density at radius 2 is 1.76 bits per heavy atom. The van der Waals surface area contributed by atoms with Crippen LogP contribution in [0.25, 0.3) is 0 Å². The molecule has 1 aliphatic rings. The second kappa shape index (κ2) is 10.1. The van der Waals surface area contributed by atoms with Gasteiger partial charge in [0.1, 0.15) is 10.6 Å². The van der Waals surface area contributed by atoms with E-state index >= 15 is 0 Å². The maximum atomic E-state index is 13.0. The number of carbonyl (C=O) groups is 1. The van der Waals surface area contributed by atoms with Crippen LogP contribution < -0.4 is 10.1 Å². The Bertz CT molecular complexity index is 1120. The molecule has 1 fully saturated rings. The molecule has 186 valence electrons. The minimum Gasteiger partial charge on any atom is -0.481 e. The molecule has 1 unspecified atom stereocenters. The molecule has 0 aliphatic carbocycles. The Morgan fingerprint density at radius 1 is 1.18 bits per heavy atom. The van der Waals surface area contributed by atoms with Gasteiger partial charge >= 0.3 is 6.18 Å². The Labute approximate surface area is 200 Å². The second-order valence-corrected chi connectivity index (χ2v) is 10.4. The van der Waals surface area contributed by atoms with E-state index in [9.17, 15) is 31.5 Å². The summed E-state index contributed by atoms with van der Waals surface area (Å²) in [6.45, 7) is 0.398. The largest absolute Gasteiger partial charge is 0.481 e. The van der Waals surface area contributed by atoms with Crippen LogP contribution >= 0.6 is 11.6 Å². The summed E-state index contributed by atoms with van der Waals surface area (Å²) in [4.78, 5) is 12.9. The van der Waals surface area contributed by atoms with Gasteiger partial charge in [-0.2, -0.15) is 17.5 Å². The Hall–Kier alpha value is -2.34. The van der Waals surface area contributed by atoms with Crippen molar-refractivity contribution < 1.29 is 36.2 Å². The van der Waals surface area contributed by atoms with Gasteiger partial charge in [-0.05, 0) is 56.2 Å². The first-order valence-corrected chi connectivity index (χ1v) is 12.2. The first-order chi connectivity index (χ1) is 15.9. The molecule has 0 bridgehead atoms. The van der Waals surface area contributed by atoms with Crippen LogP contribution in [-0.4, -0.2) is 55.7 Å². The molecule has 1 heterocycles. The first-order valence-electron chi connectivity index (χ1n) is 10.4. The van der Waals surface area contributed by atoms with Gasteiger partial charge in [0.2, 0.25) is 15.9 Å². The molecule has 1 saturated heterocycles. The summed E-state index contributed by atoms with van der Waals surface area (Å²) in [5.41, 5.74) is -0.914. The van der Waals surface area contributed by atoms with Crippen LogP contribution in [-0.2, 0) is 14.8 Å². The quantitative estimate of drug-likeness (QED) is 0.574. The molecular formula is C22H24ClF3N2O5S. The fourth-order valence-corrected chi connectivity index (χ4v) is 5.49. The van der Waals surface area contributed by atoms with E-state index < -0.39 is 40.2 Å².